The number of aryl methyl sites for hydroxylation is 1. The number of carbonyl (C=O) groups is 1. The maximum atomic E-state index is 12.4. The predicted molar refractivity (Wildman–Crippen MR) is 98.9 cm³/mol. The summed E-state index contributed by atoms with van der Waals surface area (Å²) in [6.07, 6.45) is 11.2. The molecule has 0 radical (unpaired) electrons. The Balaban J connectivity index is 1.41. The van der Waals surface area contributed by atoms with Crippen LogP contribution in [0.4, 0.5) is 0 Å². The van der Waals surface area contributed by atoms with Crippen LogP contribution in [0.3, 0.4) is 0 Å². The molecule has 1 aromatic carbocycles. The highest BCUT2D eigenvalue weighted by atomic mass is 16.1. The van der Waals surface area contributed by atoms with Gasteiger partial charge in [-0.15, -0.1) is 0 Å². The van der Waals surface area contributed by atoms with Crippen molar-refractivity contribution in [3.05, 3.63) is 47.5 Å². The van der Waals surface area contributed by atoms with Crippen LogP contribution in [-0.4, -0.2) is 36.5 Å². The highest BCUT2D eigenvalue weighted by molar-refractivity contribution is 5.93. The van der Waals surface area contributed by atoms with E-state index in [1.165, 1.54) is 31.4 Å². The lowest BCUT2D eigenvalue weighted by molar-refractivity contribution is -0.118. The Kier molecular flexibility index (Phi) is 6.48. The van der Waals surface area contributed by atoms with E-state index < -0.39 is 0 Å². The summed E-state index contributed by atoms with van der Waals surface area (Å²) in [7, 11) is 0. The first-order chi connectivity index (χ1) is 11.8. The van der Waals surface area contributed by atoms with E-state index in [2.05, 4.69) is 46.6 Å². The summed E-state index contributed by atoms with van der Waals surface area (Å²) in [6.45, 7) is 3.31. The van der Waals surface area contributed by atoms with Crippen molar-refractivity contribution in [2.24, 2.45) is 0 Å². The SMILES string of the molecule is O=C(N[C@H]1CCCN(CCCc2ccccc2)C1)C1=CCCCC1. The molecule has 3 nitrogen and oxygen atoms in total. The largest absolute Gasteiger partial charge is 0.348 e. The number of benzene rings is 1. The van der Waals surface area contributed by atoms with Gasteiger partial charge in [-0.2, -0.15) is 0 Å². The Morgan fingerprint density at radius 3 is 2.83 bits per heavy atom. The first-order valence-electron chi connectivity index (χ1n) is 9.57. The summed E-state index contributed by atoms with van der Waals surface area (Å²) in [6, 6.07) is 11.0. The van der Waals surface area contributed by atoms with Gasteiger partial charge in [0, 0.05) is 18.2 Å². The molecular weight excluding hydrogens is 296 g/mol. The van der Waals surface area contributed by atoms with Gasteiger partial charge in [-0.05, 0) is 70.0 Å². The molecule has 1 fully saturated rings. The molecular formula is C21H30N2O. The number of carbonyl (C=O) groups excluding carboxylic acids is 1. The molecule has 1 heterocycles. The molecule has 1 saturated heterocycles. The lowest BCUT2D eigenvalue weighted by Crippen LogP contribution is -2.48. The van der Waals surface area contributed by atoms with E-state index in [0.29, 0.717) is 6.04 Å². The Hall–Kier alpha value is -1.61. The average Bonchev–Trinajstić information content (AvgIpc) is 2.64. The summed E-state index contributed by atoms with van der Waals surface area (Å²) in [5.41, 5.74) is 2.44. The minimum atomic E-state index is 0.186. The third-order valence-electron chi connectivity index (χ3n) is 5.21. The summed E-state index contributed by atoms with van der Waals surface area (Å²) < 4.78 is 0. The standard InChI is InChI=1S/C21H30N2O/c24-21(19-12-5-2-6-13-19)22-20-14-8-16-23(17-20)15-7-11-18-9-3-1-4-10-18/h1,3-4,9-10,12,20H,2,5-8,11,13-17H2,(H,22,24)/t20-/m0/s1. The van der Waals surface area contributed by atoms with E-state index in [0.717, 1.165) is 50.8 Å². The Morgan fingerprint density at radius 1 is 1.17 bits per heavy atom. The molecule has 3 rings (SSSR count). The van der Waals surface area contributed by atoms with E-state index in [9.17, 15) is 4.79 Å². The van der Waals surface area contributed by atoms with Gasteiger partial charge in [-0.3, -0.25) is 4.79 Å². The summed E-state index contributed by atoms with van der Waals surface area (Å²) in [5, 5.41) is 3.28. The molecule has 0 spiro atoms. The fourth-order valence-electron chi connectivity index (χ4n) is 3.85. The molecule has 0 bridgehead atoms. The van der Waals surface area contributed by atoms with Crippen molar-refractivity contribution in [3.8, 4) is 0 Å². The molecule has 1 aliphatic heterocycles. The molecule has 1 aliphatic carbocycles. The van der Waals surface area contributed by atoms with Crippen LogP contribution < -0.4 is 5.32 Å². The maximum absolute atomic E-state index is 12.4. The number of piperidine rings is 1. The fraction of sp³-hybridized carbons (Fsp3) is 0.571. The normalized spacial score (nSPS) is 22.0. The van der Waals surface area contributed by atoms with Crippen molar-refractivity contribution in [1.82, 2.24) is 10.2 Å². The number of nitrogens with one attached hydrogen (secondary N) is 1. The number of hydrogen-bond donors (Lipinski definition) is 1. The van der Waals surface area contributed by atoms with Gasteiger partial charge in [0.2, 0.25) is 5.91 Å². The van der Waals surface area contributed by atoms with Crippen LogP contribution in [0.15, 0.2) is 42.0 Å². The number of likely N-dealkylation sites (tertiary alicyclic amines) is 1. The monoisotopic (exact) mass is 326 g/mol. The Labute approximate surface area is 146 Å². The third kappa shape index (κ3) is 5.20. The molecule has 130 valence electrons. The first kappa shape index (κ1) is 17.2. The van der Waals surface area contributed by atoms with E-state index in [1.54, 1.807) is 0 Å². The van der Waals surface area contributed by atoms with Crippen LogP contribution >= 0.6 is 0 Å². The van der Waals surface area contributed by atoms with Gasteiger partial charge in [0.05, 0.1) is 0 Å². The number of amides is 1. The quantitative estimate of drug-likeness (QED) is 0.864. The minimum Gasteiger partial charge on any atom is -0.348 e. The van der Waals surface area contributed by atoms with Crippen LogP contribution in [0.5, 0.6) is 0 Å². The van der Waals surface area contributed by atoms with Crippen molar-refractivity contribution in [2.75, 3.05) is 19.6 Å². The number of nitrogens with zero attached hydrogens (tertiary/aromatic N) is 1. The molecule has 1 aromatic rings. The molecule has 1 amide bonds. The zero-order valence-corrected chi connectivity index (χ0v) is 14.7. The summed E-state index contributed by atoms with van der Waals surface area (Å²) >= 11 is 0. The zero-order chi connectivity index (χ0) is 16.6. The highest BCUT2D eigenvalue weighted by Gasteiger charge is 2.22. The molecule has 1 N–H and O–H groups in total. The minimum absolute atomic E-state index is 0.186. The number of hydrogen-bond acceptors (Lipinski definition) is 2. The van der Waals surface area contributed by atoms with E-state index >= 15 is 0 Å². The average molecular weight is 326 g/mol. The predicted octanol–water partition coefficient (Wildman–Crippen LogP) is 3.70. The fourth-order valence-corrected chi connectivity index (χ4v) is 3.85. The highest BCUT2D eigenvalue weighted by Crippen LogP contribution is 2.18. The van der Waals surface area contributed by atoms with Crippen molar-refractivity contribution >= 4 is 5.91 Å². The van der Waals surface area contributed by atoms with Crippen molar-refractivity contribution in [3.63, 3.8) is 0 Å². The van der Waals surface area contributed by atoms with E-state index in [4.69, 9.17) is 0 Å². The lowest BCUT2D eigenvalue weighted by Gasteiger charge is -2.33. The lowest BCUT2D eigenvalue weighted by atomic mass is 9.98. The molecule has 1 atom stereocenters. The van der Waals surface area contributed by atoms with E-state index in [1.807, 2.05) is 0 Å². The Bertz CT molecular complexity index is 552. The number of allylic oxidation sites excluding steroid dienone is 1. The van der Waals surface area contributed by atoms with Crippen LogP contribution in [-0.2, 0) is 11.2 Å². The van der Waals surface area contributed by atoms with Crippen LogP contribution in [0.1, 0.15) is 50.5 Å². The van der Waals surface area contributed by atoms with E-state index in [-0.39, 0.29) is 5.91 Å². The van der Waals surface area contributed by atoms with Gasteiger partial charge in [0.15, 0.2) is 0 Å². The Morgan fingerprint density at radius 2 is 2.04 bits per heavy atom. The van der Waals surface area contributed by atoms with Gasteiger partial charge in [0.25, 0.3) is 0 Å². The molecule has 0 unspecified atom stereocenters. The second-order valence-corrected chi connectivity index (χ2v) is 7.18. The molecule has 24 heavy (non-hydrogen) atoms. The van der Waals surface area contributed by atoms with Crippen molar-refractivity contribution in [1.29, 1.82) is 0 Å². The van der Waals surface area contributed by atoms with Gasteiger partial charge >= 0.3 is 0 Å². The van der Waals surface area contributed by atoms with Crippen LogP contribution in [0.25, 0.3) is 0 Å². The van der Waals surface area contributed by atoms with Gasteiger partial charge in [-0.25, -0.2) is 0 Å². The molecule has 0 aromatic heterocycles. The number of rotatable bonds is 6. The van der Waals surface area contributed by atoms with Crippen molar-refractivity contribution in [2.45, 2.75) is 57.4 Å². The second kappa shape index (κ2) is 9.03. The topological polar surface area (TPSA) is 32.3 Å². The van der Waals surface area contributed by atoms with Gasteiger partial charge in [-0.1, -0.05) is 36.4 Å². The first-order valence-corrected chi connectivity index (χ1v) is 9.57. The molecule has 0 saturated carbocycles. The van der Waals surface area contributed by atoms with Crippen molar-refractivity contribution < 1.29 is 4.79 Å². The summed E-state index contributed by atoms with van der Waals surface area (Å²) in [5.74, 6) is 0.186. The van der Waals surface area contributed by atoms with Crippen LogP contribution in [0.2, 0.25) is 0 Å². The molecule has 3 heteroatoms. The third-order valence-corrected chi connectivity index (χ3v) is 5.21. The molecule has 2 aliphatic rings. The van der Waals surface area contributed by atoms with Gasteiger partial charge < -0.3 is 10.2 Å². The van der Waals surface area contributed by atoms with Gasteiger partial charge in [0.1, 0.15) is 0 Å². The second-order valence-electron chi connectivity index (χ2n) is 7.18. The summed E-state index contributed by atoms with van der Waals surface area (Å²) in [4.78, 5) is 14.9. The zero-order valence-electron chi connectivity index (χ0n) is 14.7. The maximum Gasteiger partial charge on any atom is 0.247 e. The van der Waals surface area contributed by atoms with Crippen LogP contribution in [0, 0.1) is 0 Å². The smallest absolute Gasteiger partial charge is 0.247 e.